The average molecular weight is 657 g/mol. The van der Waals surface area contributed by atoms with Crippen molar-refractivity contribution in [1.29, 1.82) is 0 Å². The van der Waals surface area contributed by atoms with E-state index >= 15 is 0 Å². The van der Waals surface area contributed by atoms with Crippen LogP contribution >= 0.6 is 11.8 Å². The minimum Gasteiger partial charge on any atom is -0.208 e. The third-order valence-corrected chi connectivity index (χ3v) is 11.2. The number of aromatic nitrogens is 3. The van der Waals surface area contributed by atoms with Crippen molar-refractivity contribution in [3.8, 4) is 56.4 Å². The van der Waals surface area contributed by atoms with Crippen LogP contribution < -0.4 is 0 Å². The molecule has 0 saturated heterocycles. The third-order valence-electron chi connectivity index (χ3n) is 9.94. The third kappa shape index (κ3) is 4.35. The summed E-state index contributed by atoms with van der Waals surface area (Å²) in [5.41, 5.74) is 11.8. The van der Waals surface area contributed by atoms with Crippen LogP contribution in [0.1, 0.15) is 23.6 Å². The molecule has 4 heteroatoms. The molecular formula is C46H29N3S. The molecule has 8 aromatic rings. The number of rotatable bonds is 4. The SMILES string of the molecule is [2H]c1cc(-c2ccccc2)cc(-c2nc(-c3ccccc3)nc(-c3cccc4c3Sc3ccccc3C43c4ccccc4-c4ccccc43)n2)c1. The van der Waals surface area contributed by atoms with E-state index < -0.39 is 5.41 Å². The predicted octanol–water partition coefficient (Wildman–Crippen LogP) is 11.4. The van der Waals surface area contributed by atoms with Gasteiger partial charge >= 0.3 is 0 Å². The van der Waals surface area contributed by atoms with Crippen LogP contribution in [0.4, 0.5) is 0 Å². The highest BCUT2D eigenvalue weighted by Gasteiger charge is 2.50. The first-order valence-corrected chi connectivity index (χ1v) is 17.6. The van der Waals surface area contributed by atoms with Gasteiger partial charge in [-0.1, -0.05) is 176 Å². The van der Waals surface area contributed by atoms with Gasteiger partial charge < -0.3 is 0 Å². The van der Waals surface area contributed by atoms with Crippen molar-refractivity contribution in [2.75, 3.05) is 0 Å². The summed E-state index contributed by atoms with van der Waals surface area (Å²) >= 11 is 1.79. The Morgan fingerprint density at radius 1 is 0.400 bits per heavy atom. The van der Waals surface area contributed by atoms with E-state index in [4.69, 9.17) is 16.3 Å². The molecule has 1 aliphatic heterocycles. The average Bonchev–Trinajstić information content (AvgIpc) is 3.49. The Hall–Kier alpha value is -6.10. The maximum atomic E-state index is 8.74. The van der Waals surface area contributed by atoms with Crippen LogP contribution in [0, 0.1) is 0 Å². The van der Waals surface area contributed by atoms with E-state index in [1.165, 1.54) is 38.3 Å². The number of hydrogen-bond acceptors (Lipinski definition) is 4. The summed E-state index contributed by atoms with van der Waals surface area (Å²) in [7, 11) is 0. The molecule has 0 saturated carbocycles. The molecular weight excluding hydrogens is 627 g/mol. The second-order valence-corrected chi connectivity index (χ2v) is 13.7. The zero-order chi connectivity index (χ0) is 33.9. The van der Waals surface area contributed by atoms with Gasteiger partial charge in [0.1, 0.15) is 0 Å². The first kappa shape index (κ1) is 27.8. The van der Waals surface area contributed by atoms with Gasteiger partial charge in [-0.3, -0.25) is 0 Å². The van der Waals surface area contributed by atoms with Crippen molar-refractivity contribution in [3.63, 3.8) is 0 Å². The van der Waals surface area contributed by atoms with Gasteiger partial charge in [0.15, 0.2) is 17.5 Å². The maximum absolute atomic E-state index is 8.74. The summed E-state index contributed by atoms with van der Waals surface area (Å²) in [6, 6.07) is 59.6. The molecule has 2 heterocycles. The van der Waals surface area contributed by atoms with E-state index in [1.54, 1.807) is 11.8 Å². The summed E-state index contributed by atoms with van der Waals surface area (Å²) in [6.07, 6.45) is 0. The minimum atomic E-state index is -0.497. The normalized spacial score (nSPS) is 13.6. The predicted molar refractivity (Wildman–Crippen MR) is 203 cm³/mol. The Morgan fingerprint density at radius 2 is 0.920 bits per heavy atom. The zero-order valence-corrected chi connectivity index (χ0v) is 27.7. The van der Waals surface area contributed by atoms with Crippen molar-refractivity contribution in [2.45, 2.75) is 15.2 Å². The summed E-state index contributed by atoms with van der Waals surface area (Å²) in [5, 5.41) is 0. The Labute approximate surface area is 296 Å². The highest BCUT2D eigenvalue weighted by molar-refractivity contribution is 7.99. The molecule has 1 aliphatic carbocycles. The largest absolute Gasteiger partial charge is 0.208 e. The topological polar surface area (TPSA) is 38.7 Å². The van der Waals surface area contributed by atoms with E-state index in [0.717, 1.165) is 32.7 Å². The number of benzene rings is 7. The fourth-order valence-electron chi connectivity index (χ4n) is 7.79. The molecule has 1 aromatic heterocycles. The molecule has 0 atom stereocenters. The van der Waals surface area contributed by atoms with Crippen LogP contribution in [0.25, 0.3) is 56.4 Å². The van der Waals surface area contributed by atoms with Crippen molar-refractivity contribution < 1.29 is 1.37 Å². The molecule has 0 bridgehead atoms. The summed E-state index contributed by atoms with van der Waals surface area (Å²) in [6.45, 7) is 0. The molecule has 234 valence electrons. The maximum Gasteiger partial charge on any atom is 0.165 e. The van der Waals surface area contributed by atoms with E-state index in [1.807, 2.05) is 60.7 Å². The molecule has 1 spiro atoms. The number of fused-ring (bicyclic) bond motifs is 9. The van der Waals surface area contributed by atoms with Gasteiger partial charge in [-0.2, -0.15) is 0 Å². The molecule has 50 heavy (non-hydrogen) atoms. The number of hydrogen-bond donors (Lipinski definition) is 0. The first-order valence-electron chi connectivity index (χ1n) is 17.3. The van der Waals surface area contributed by atoms with Crippen LogP contribution in [0.2, 0.25) is 0 Å². The molecule has 2 aliphatic rings. The van der Waals surface area contributed by atoms with E-state index in [-0.39, 0.29) is 0 Å². The molecule has 3 nitrogen and oxygen atoms in total. The van der Waals surface area contributed by atoms with Crippen molar-refractivity contribution in [1.82, 2.24) is 15.0 Å². The standard InChI is InChI=1S/C46H29N3S/c1-3-15-30(16-4-1)32-19-13-20-33(29-32)44-47-43(31-17-5-2-6-18-31)48-45(49-44)36-23-14-27-40-42(36)50-41-28-12-11-26-39(41)46(40)37-24-9-7-21-34(37)35-22-8-10-25-38(35)46/h1-29H/i13D. The van der Waals surface area contributed by atoms with Crippen LogP contribution in [-0.2, 0) is 5.41 Å². The Kier molecular flexibility index (Phi) is 6.40. The van der Waals surface area contributed by atoms with Crippen molar-refractivity contribution in [2.24, 2.45) is 0 Å². The Balaban J connectivity index is 1.24. The lowest BCUT2D eigenvalue weighted by atomic mass is 9.67. The van der Waals surface area contributed by atoms with Crippen LogP contribution in [0.15, 0.2) is 186 Å². The second kappa shape index (κ2) is 11.5. The van der Waals surface area contributed by atoms with E-state index in [9.17, 15) is 0 Å². The van der Waals surface area contributed by atoms with Gasteiger partial charge in [0.2, 0.25) is 0 Å². The van der Waals surface area contributed by atoms with Gasteiger partial charge in [-0.15, -0.1) is 0 Å². The monoisotopic (exact) mass is 656 g/mol. The Bertz CT molecular complexity index is 2590. The van der Waals surface area contributed by atoms with E-state index in [0.29, 0.717) is 23.5 Å². The van der Waals surface area contributed by atoms with Crippen molar-refractivity contribution >= 4 is 11.8 Å². The lowest BCUT2D eigenvalue weighted by molar-refractivity contribution is 0.722. The second-order valence-electron chi connectivity index (χ2n) is 12.7. The molecule has 0 amide bonds. The molecule has 7 aromatic carbocycles. The van der Waals surface area contributed by atoms with Gasteiger partial charge in [0.05, 0.1) is 6.79 Å². The molecule has 10 rings (SSSR count). The summed E-state index contributed by atoms with van der Waals surface area (Å²) in [5.74, 6) is 1.74. The summed E-state index contributed by atoms with van der Waals surface area (Å²) < 4.78 is 8.74. The van der Waals surface area contributed by atoms with Crippen molar-refractivity contribution in [3.05, 3.63) is 198 Å². The fraction of sp³-hybridized carbons (Fsp3) is 0.0217. The number of nitrogens with zero attached hydrogens (tertiary/aromatic N) is 3. The first-order chi connectivity index (χ1) is 25.2. The van der Waals surface area contributed by atoms with Gasteiger partial charge in [0.25, 0.3) is 0 Å². The molecule has 0 unspecified atom stereocenters. The molecule has 0 fully saturated rings. The molecule has 0 N–H and O–H groups in total. The lowest BCUT2D eigenvalue weighted by Gasteiger charge is -2.40. The van der Waals surface area contributed by atoms with Gasteiger partial charge in [0, 0.05) is 26.5 Å². The minimum absolute atomic E-state index is 0.402. The highest BCUT2D eigenvalue weighted by atomic mass is 32.2. The smallest absolute Gasteiger partial charge is 0.165 e. The highest BCUT2D eigenvalue weighted by Crippen LogP contribution is 2.63. The Morgan fingerprint density at radius 3 is 1.64 bits per heavy atom. The lowest BCUT2D eigenvalue weighted by Crippen LogP contribution is -2.32. The fourth-order valence-corrected chi connectivity index (χ4v) is 9.09. The van der Waals surface area contributed by atoms with Gasteiger partial charge in [-0.25, -0.2) is 15.0 Å². The van der Waals surface area contributed by atoms with Crippen LogP contribution in [0.3, 0.4) is 0 Å². The van der Waals surface area contributed by atoms with E-state index in [2.05, 4.69) is 109 Å². The summed E-state index contributed by atoms with van der Waals surface area (Å²) in [4.78, 5) is 17.8. The molecule has 0 radical (unpaired) electrons. The quantitative estimate of drug-likeness (QED) is 0.189. The van der Waals surface area contributed by atoms with Crippen LogP contribution in [0.5, 0.6) is 0 Å². The van der Waals surface area contributed by atoms with Crippen LogP contribution in [-0.4, -0.2) is 15.0 Å². The van der Waals surface area contributed by atoms with Gasteiger partial charge in [-0.05, 0) is 56.6 Å². The zero-order valence-electron chi connectivity index (χ0n) is 27.9.